The Morgan fingerprint density at radius 3 is 2.63 bits per heavy atom. The first-order chi connectivity index (χ1) is 9.17. The van der Waals surface area contributed by atoms with Crippen LogP contribution in [-0.4, -0.2) is 17.5 Å². The van der Waals surface area contributed by atoms with Crippen molar-refractivity contribution in [3.8, 4) is 0 Å². The summed E-state index contributed by atoms with van der Waals surface area (Å²) in [6, 6.07) is 0. The number of rotatable bonds is 7. The molecule has 0 radical (unpaired) electrons. The molecule has 3 atom stereocenters. The number of aliphatic imine (C=N–C) groups is 1. The van der Waals surface area contributed by atoms with Crippen LogP contribution in [0, 0.1) is 11.8 Å². The van der Waals surface area contributed by atoms with Crippen molar-refractivity contribution in [1.82, 2.24) is 5.32 Å². The van der Waals surface area contributed by atoms with E-state index in [4.69, 9.17) is 0 Å². The van der Waals surface area contributed by atoms with Crippen molar-refractivity contribution in [3.05, 3.63) is 11.3 Å². The van der Waals surface area contributed by atoms with Crippen LogP contribution in [0.4, 0.5) is 4.39 Å². The van der Waals surface area contributed by atoms with Crippen molar-refractivity contribution >= 4 is 22.1 Å². The van der Waals surface area contributed by atoms with Crippen molar-refractivity contribution in [3.63, 3.8) is 0 Å². The molecule has 19 heavy (non-hydrogen) atoms. The van der Waals surface area contributed by atoms with Crippen molar-refractivity contribution in [2.24, 2.45) is 16.8 Å². The molecule has 0 saturated heterocycles. The fraction of sp³-hybridized carbons (Fsp3) is 0.800. The molecule has 1 N–H and O–H groups in total. The van der Waals surface area contributed by atoms with E-state index in [0.29, 0.717) is 12.3 Å². The van der Waals surface area contributed by atoms with Gasteiger partial charge in [0.2, 0.25) is 0 Å². The SMILES string of the molecule is CCCC(F)C(CCC)C1=C(C2CC2)NC(Br)N=C1. The molecule has 1 aliphatic carbocycles. The molecule has 4 heteroatoms. The third-order valence-electron chi connectivity index (χ3n) is 3.92. The zero-order chi connectivity index (χ0) is 13.8. The fourth-order valence-electron chi connectivity index (χ4n) is 2.80. The normalized spacial score (nSPS) is 26.2. The summed E-state index contributed by atoms with van der Waals surface area (Å²) in [7, 11) is 0. The summed E-state index contributed by atoms with van der Waals surface area (Å²) in [5.74, 6) is 0.617. The first-order valence-electron chi connectivity index (χ1n) is 7.49. The van der Waals surface area contributed by atoms with E-state index in [9.17, 15) is 4.39 Å². The molecule has 2 aliphatic rings. The molecule has 1 aliphatic heterocycles. The first-order valence-corrected chi connectivity index (χ1v) is 8.40. The van der Waals surface area contributed by atoms with Gasteiger partial charge in [-0.15, -0.1) is 0 Å². The number of hydrogen-bond donors (Lipinski definition) is 1. The molecule has 0 aromatic rings. The van der Waals surface area contributed by atoms with E-state index in [2.05, 4.69) is 33.2 Å². The van der Waals surface area contributed by atoms with Crippen LogP contribution in [-0.2, 0) is 0 Å². The number of alkyl halides is 2. The van der Waals surface area contributed by atoms with Gasteiger partial charge < -0.3 is 5.32 Å². The molecule has 0 spiro atoms. The Hall–Kier alpha value is -0.380. The van der Waals surface area contributed by atoms with Crippen molar-refractivity contribution in [2.45, 2.75) is 63.6 Å². The van der Waals surface area contributed by atoms with Crippen LogP contribution >= 0.6 is 15.9 Å². The summed E-state index contributed by atoms with van der Waals surface area (Å²) in [6.45, 7) is 4.18. The Bertz CT molecular complexity index is 363. The van der Waals surface area contributed by atoms with E-state index >= 15 is 0 Å². The smallest absolute Gasteiger partial charge is 0.175 e. The minimum Gasteiger partial charge on any atom is -0.358 e. The second-order valence-corrected chi connectivity index (χ2v) is 6.47. The van der Waals surface area contributed by atoms with Gasteiger partial charge in [0.25, 0.3) is 0 Å². The average Bonchev–Trinajstić information content (AvgIpc) is 3.21. The van der Waals surface area contributed by atoms with Crippen molar-refractivity contribution in [1.29, 1.82) is 0 Å². The van der Waals surface area contributed by atoms with Gasteiger partial charge in [0.05, 0.1) is 0 Å². The summed E-state index contributed by atoms with van der Waals surface area (Å²) in [5.41, 5.74) is 2.37. The van der Waals surface area contributed by atoms with Gasteiger partial charge in [0.15, 0.2) is 5.08 Å². The lowest BCUT2D eigenvalue weighted by Gasteiger charge is -2.28. The van der Waals surface area contributed by atoms with Gasteiger partial charge in [-0.2, -0.15) is 0 Å². The maximum absolute atomic E-state index is 14.5. The highest BCUT2D eigenvalue weighted by molar-refractivity contribution is 9.09. The van der Waals surface area contributed by atoms with Crippen LogP contribution < -0.4 is 5.32 Å². The van der Waals surface area contributed by atoms with Crippen molar-refractivity contribution < 1.29 is 4.39 Å². The van der Waals surface area contributed by atoms with E-state index < -0.39 is 6.17 Å². The molecule has 1 saturated carbocycles. The van der Waals surface area contributed by atoms with E-state index in [-0.39, 0.29) is 11.0 Å². The second kappa shape index (κ2) is 6.87. The highest BCUT2D eigenvalue weighted by Crippen LogP contribution is 2.41. The molecule has 2 rings (SSSR count). The van der Waals surface area contributed by atoms with Crippen LogP contribution in [0.25, 0.3) is 0 Å². The molecule has 1 fully saturated rings. The minimum atomic E-state index is -0.742. The lowest BCUT2D eigenvalue weighted by Crippen LogP contribution is -2.32. The Morgan fingerprint density at radius 1 is 1.37 bits per heavy atom. The van der Waals surface area contributed by atoms with Crippen LogP contribution in [0.3, 0.4) is 0 Å². The fourth-order valence-corrected chi connectivity index (χ4v) is 3.17. The maximum atomic E-state index is 14.5. The van der Waals surface area contributed by atoms with E-state index in [0.717, 1.165) is 24.8 Å². The molecule has 0 aromatic heterocycles. The lowest BCUT2D eigenvalue weighted by atomic mass is 9.86. The summed E-state index contributed by atoms with van der Waals surface area (Å²) in [5, 5.41) is 3.35. The van der Waals surface area contributed by atoms with Gasteiger partial charge >= 0.3 is 0 Å². The highest BCUT2D eigenvalue weighted by atomic mass is 79.9. The predicted octanol–water partition coefficient (Wildman–Crippen LogP) is 4.56. The number of halogens is 2. The van der Waals surface area contributed by atoms with Gasteiger partial charge in [0.1, 0.15) is 6.17 Å². The van der Waals surface area contributed by atoms with Gasteiger partial charge in [-0.3, -0.25) is 4.99 Å². The number of allylic oxidation sites excluding steroid dienone is 2. The van der Waals surface area contributed by atoms with Gasteiger partial charge in [-0.25, -0.2) is 4.39 Å². The van der Waals surface area contributed by atoms with E-state index in [1.165, 1.54) is 18.5 Å². The third-order valence-corrected chi connectivity index (χ3v) is 4.38. The molecule has 1 heterocycles. The van der Waals surface area contributed by atoms with Crippen LogP contribution in [0.15, 0.2) is 16.3 Å². The van der Waals surface area contributed by atoms with Gasteiger partial charge in [-0.05, 0) is 53.1 Å². The molecular formula is C15H24BrFN2. The van der Waals surface area contributed by atoms with Crippen LogP contribution in [0.1, 0.15) is 52.4 Å². The average molecular weight is 331 g/mol. The molecule has 3 unspecified atom stereocenters. The maximum Gasteiger partial charge on any atom is 0.175 e. The molecule has 2 nitrogen and oxygen atoms in total. The molecular weight excluding hydrogens is 307 g/mol. The monoisotopic (exact) mass is 330 g/mol. The van der Waals surface area contributed by atoms with E-state index in [1.54, 1.807) is 0 Å². The van der Waals surface area contributed by atoms with Crippen LogP contribution in [0.5, 0.6) is 0 Å². The van der Waals surface area contributed by atoms with Crippen LogP contribution in [0.2, 0.25) is 0 Å². The Balaban J connectivity index is 2.22. The molecule has 0 bridgehead atoms. The molecule has 0 aromatic carbocycles. The zero-order valence-electron chi connectivity index (χ0n) is 11.8. The summed E-state index contributed by atoms with van der Waals surface area (Å²) < 4.78 is 14.5. The standard InChI is InChI=1S/C15H24BrFN2/c1-3-5-11(13(17)6-4-2)12-9-18-15(16)19-14(12)10-7-8-10/h9-11,13,15,19H,3-8H2,1-2H3. The lowest BCUT2D eigenvalue weighted by molar-refractivity contribution is 0.229. The first kappa shape index (κ1) is 15.0. The Kier molecular flexibility index (Phi) is 5.43. The summed E-state index contributed by atoms with van der Waals surface area (Å²) in [4.78, 5) is 4.37. The quantitative estimate of drug-likeness (QED) is 0.537. The number of hydrogen-bond acceptors (Lipinski definition) is 2. The van der Waals surface area contributed by atoms with Gasteiger partial charge in [-0.1, -0.05) is 26.7 Å². The zero-order valence-corrected chi connectivity index (χ0v) is 13.4. The minimum absolute atomic E-state index is 0.0109. The highest BCUT2D eigenvalue weighted by Gasteiger charge is 2.35. The Morgan fingerprint density at radius 2 is 2.05 bits per heavy atom. The number of nitrogens with one attached hydrogen (secondary N) is 1. The summed E-state index contributed by atoms with van der Waals surface area (Å²) in [6.07, 6.45) is 7.10. The third kappa shape index (κ3) is 3.80. The van der Waals surface area contributed by atoms with Gasteiger partial charge in [0, 0.05) is 17.8 Å². The molecule has 108 valence electrons. The molecule has 0 amide bonds. The summed E-state index contributed by atoms with van der Waals surface area (Å²) >= 11 is 3.47. The van der Waals surface area contributed by atoms with Crippen molar-refractivity contribution in [2.75, 3.05) is 0 Å². The number of nitrogens with zero attached hydrogens (tertiary/aromatic N) is 1. The predicted molar refractivity (Wildman–Crippen MR) is 82.3 cm³/mol. The Labute approximate surface area is 124 Å². The van der Waals surface area contributed by atoms with E-state index in [1.807, 2.05) is 13.1 Å². The largest absolute Gasteiger partial charge is 0.358 e. The topological polar surface area (TPSA) is 24.4 Å². The second-order valence-electron chi connectivity index (χ2n) is 5.60.